The van der Waals surface area contributed by atoms with Gasteiger partial charge in [-0.05, 0) is 31.5 Å². The summed E-state index contributed by atoms with van der Waals surface area (Å²) in [5.41, 5.74) is 9.56. The van der Waals surface area contributed by atoms with Crippen LogP contribution in [-0.2, 0) is 6.54 Å². The van der Waals surface area contributed by atoms with E-state index in [9.17, 15) is 0 Å². The Morgan fingerprint density at radius 3 is 2.61 bits per heavy atom. The quantitative estimate of drug-likeness (QED) is 0.897. The smallest absolute Gasteiger partial charge is 0.105 e. The second-order valence-electron chi connectivity index (χ2n) is 4.71. The molecular weight excluding hydrogens is 224 g/mol. The van der Waals surface area contributed by atoms with E-state index in [1.54, 1.807) is 6.26 Å². The summed E-state index contributed by atoms with van der Waals surface area (Å²) in [6.45, 7) is 4.82. The van der Waals surface area contributed by atoms with Gasteiger partial charge in [-0.2, -0.15) is 0 Å². The SMILES string of the molecule is Cc1occc1CN(C)c1ccccc1[C@H](C)N. The van der Waals surface area contributed by atoms with Gasteiger partial charge in [-0.3, -0.25) is 0 Å². The minimum absolute atomic E-state index is 0.0362. The van der Waals surface area contributed by atoms with Crippen LogP contribution < -0.4 is 10.6 Å². The first-order valence-electron chi connectivity index (χ1n) is 6.18. The lowest BCUT2D eigenvalue weighted by molar-refractivity contribution is 0.529. The standard InChI is InChI=1S/C15H20N2O/c1-11(16)14-6-4-5-7-15(14)17(3)10-13-8-9-18-12(13)2/h4-9,11H,10,16H2,1-3H3/t11-/m0/s1. The minimum atomic E-state index is 0.0362. The zero-order chi connectivity index (χ0) is 13.1. The van der Waals surface area contributed by atoms with Crippen LogP contribution in [0.15, 0.2) is 41.0 Å². The van der Waals surface area contributed by atoms with Crippen molar-refractivity contribution < 1.29 is 4.42 Å². The summed E-state index contributed by atoms with van der Waals surface area (Å²) < 4.78 is 5.33. The second kappa shape index (κ2) is 5.27. The number of rotatable bonds is 4. The van der Waals surface area contributed by atoms with Crippen molar-refractivity contribution in [2.24, 2.45) is 5.73 Å². The maximum absolute atomic E-state index is 6.01. The van der Waals surface area contributed by atoms with Crippen LogP contribution in [0.1, 0.15) is 29.9 Å². The fourth-order valence-corrected chi connectivity index (χ4v) is 2.14. The van der Waals surface area contributed by atoms with Gasteiger partial charge in [0.15, 0.2) is 0 Å². The van der Waals surface area contributed by atoms with Crippen LogP contribution in [0.4, 0.5) is 5.69 Å². The number of anilines is 1. The molecule has 0 fully saturated rings. The molecule has 0 amide bonds. The second-order valence-corrected chi connectivity index (χ2v) is 4.71. The van der Waals surface area contributed by atoms with Crippen molar-refractivity contribution in [3.63, 3.8) is 0 Å². The van der Waals surface area contributed by atoms with E-state index in [-0.39, 0.29) is 6.04 Å². The van der Waals surface area contributed by atoms with Crippen molar-refractivity contribution in [3.8, 4) is 0 Å². The Hall–Kier alpha value is -1.74. The van der Waals surface area contributed by atoms with Gasteiger partial charge >= 0.3 is 0 Å². The Morgan fingerprint density at radius 1 is 1.28 bits per heavy atom. The molecule has 2 rings (SSSR count). The van der Waals surface area contributed by atoms with E-state index >= 15 is 0 Å². The van der Waals surface area contributed by atoms with E-state index in [0.717, 1.165) is 12.3 Å². The van der Waals surface area contributed by atoms with Gasteiger partial charge in [0.2, 0.25) is 0 Å². The highest BCUT2D eigenvalue weighted by atomic mass is 16.3. The summed E-state index contributed by atoms with van der Waals surface area (Å²) in [6.07, 6.45) is 1.73. The Kier molecular flexibility index (Phi) is 3.72. The number of nitrogens with two attached hydrogens (primary N) is 1. The molecule has 1 aromatic heterocycles. The maximum atomic E-state index is 6.01. The van der Waals surface area contributed by atoms with Gasteiger partial charge in [-0.15, -0.1) is 0 Å². The molecule has 0 aliphatic rings. The van der Waals surface area contributed by atoms with E-state index in [0.29, 0.717) is 0 Å². The molecule has 0 radical (unpaired) electrons. The molecule has 2 aromatic rings. The summed E-state index contributed by atoms with van der Waals surface area (Å²) in [4.78, 5) is 2.20. The molecule has 3 heteroatoms. The lowest BCUT2D eigenvalue weighted by Crippen LogP contribution is -2.20. The van der Waals surface area contributed by atoms with E-state index in [2.05, 4.69) is 24.1 Å². The third-order valence-electron chi connectivity index (χ3n) is 3.21. The fourth-order valence-electron chi connectivity index (χ4n) is 2.14. The van der Waals surface area contributed by atoms with Gasteiger partial charge in [0.05, 0.1) is 6.26 Å². The summed E-state index contributed by atoms with van der Waals surface area (Å²) in [6, 6.07) is 10.3. The number of hydrogen-bond acceptors (Lipinski definition) is 3. The number of aryl methyl sites for hydroxylation is 1. The molecule has 0 bridgehead atoms. The Labute approximate surface area is 108 Å². The number of para-hydroxylation sites is 1. The first-order valence-corrected chi connectivity index (χ1v) is 6.18. The monoisotopic (exact) mass is 244 g/mol. The molecule has 1 aromatic carbocycles. The van der Waals surface area contributed by atoms with E-state index < -0.39 is 0 Å². The van der Waals surface area contributed by atoms with E-state index in [1.165, 1.54) is 16.8 Å². The van der Waals surface area contributed by atoms with E-state index in [1.807, 2.05) is 32.0 Å². The first-order chi connectivity index (χ1) is 8.59. The van der Waals surface area contributed by atoms with Crippen molar-refractivity contribution in [1.29, 1.82) is 0 Å². The van der Waals surface area contributed by atoms with Gasteiger partial charge in [-0.1, -0.05) is 18.2 Å². The molecule has 0 aliphatic heterocycles. The Balaban J connectivity index is 2.24. The van der Waals surface area contributed by atoms with Crippen molar-refractivity contribution in [2.45, 2.75) is 26.4 Å². The molecule has 2 N–H and O–H groups in total. The van der Waals surface area contributed by atoms with Crippen LogP contribution in [0, 0.1) is 6.92 Å². The summed E-state index contributed by atoms with van der Waals surface area (Å²) in [5.74, 6) is 0.972. The highest BCUT2D eigenvalue weighted by molar-refractivity contribution is 5.54. The minimum Gasteiger partial charge on any atom is -0.469 e. The third-order valence-corrected chi connectivity index (χ3v) is 3.21. The summed E-state index contributed by atoms with van der Waals surface area (Å²) in [7, 11) is 2.08. The van der Waals surface area contributed by atoms with Crippen molar-refractivity contribution in [1.82, 2.24) is 0 Å². The normalized spacial score (nSPS) is 12.4. The molecule has 0 saturated heterocycles. The third kappa shape index (κ3) is 2.57. The number of nitrogens with zero attached hydrogens (tertiary/aromatic N) is 1. The molecular formula is C15H20N2O. The molecule has 96 valence electrons. The molecule has 1 heterocycles. The topological polar surface area (TPSA) is 42.4 Å². The highest BCUT2D eigenvalue weighted by Gasteiger charge is 2.11. The largest absolute Gasteiger partial charge is 0.469 e. The molecule has 0 spiro atoms. The van der Waals surface area contributed by atoms with E-state index in [4.69, 9.17) is 10.2 Å². The van der Waals surface area contributed by atoms with Crippen LogP contribution in [0.3, 0.4) is 0 Å². The van der Waals surface area contributed by atoms with Crippen LogP contribution in [0.5, 0.6) is 0 Å². The van der Waals surface area contributed by atoms with Gasteiger partial charge in [0, 0.05) is 30.9 Å². The zero-order valence-electron chi connectivity index (χ0n) is 11.2. The van der Waals surface area contributed by atoms with Gasteiger partial charge in [0.1, 0.15) is 5.76 Å². The van der Waals surface area contributed by atoms with Crippen LogP contribution >= 0.6 is 0 Å². The molecule has 0 unspecified atom stereocenters. The molecule has 3 nitrogen and oxygen atoms in total. The Morgan fingerprint density at radius 2 is 2.00 bits per heavy atom. The number of furan rings is 1. The average molecular weight is 244 g/mol. The lowest BCUT2D eigenvalue weighted by Gasteiger charge is -2.23. The molecule has 0 saturated carbocycles. The van der Waals surface area contributed by atoms with Gasteiger partial charge in [0.25, 0.3) is 0 Å². The fraction of sp³-hybridized carbons (Fsp3) is 0.333. The summed E-state index contributed by atoms with van der Waals surface area (Å²) >= 11 is 0. The van der Waals surface area contributed by atoms with Crippen LogP contribution in [0.25, 0.3) is 0 Å². The summed E-state index contributed by atoms with van der Waals surface area (Å²) in [5, 5.41) is 0. The molecule has 1 atom stereocenters. The molecule has 0 aliphatic carbocycles. The predicted octanol–water partition coefficient (Wildman–Crippen LogP) is 3.24. The van der Waals surface area contributed by atoms with Crippen molar-refractivity contribution in [3.05, 3.63) is 53.5 Å². The van der Waals surface area contributed by atoms with Gasteiger partial charge < -0.3 is 15.1 Å². The molecule has 18 heavy (non-hydrogen) atoms. The average Bonchev–Trinajstić information content (AvgIpc) is 2.75. The zero-order valence-corrected chi connectivity index (χ0v) is 11.2. The highest BCUT2D eigenvalue weighted by Crippen LogP contribution is 2.25. The number of benzene rings is 1. The van der Waals surface area contributed by atoms with Gasteiger partial charge in [-0.25, -0.2) is 0 Å². The maximum Gasteiger partial charge on any atom is 0.105 e. The van der Waals surface area contributed by atoms with Crippen LogP contribution in [-0.4, -0.2) is 7.05 Å². The van der Waals surface area contributed by atoms with Crippen molar-refractivity contribution >= 4 is 5.69 Å². The lowest BCUT2D eigenvalue weighted by atomic mass is 10.1. The predicted molar refractivity (Wildman–Crippen MR) is 74.6 cm³/mol. The van der Waals surface area contributed by atoms with Crippen molar-refractivity contribution in [2.75, 3.05) is 11.9 Å². The Bertz CT molecular complexity index is 517. The van der Waals surface area contributed by atoms with Crippen LogP contribution in [0.2, 0.25) is 0 Å². The first kappa shape index (κ1) is 12.7. The number of hydrogen-bond donors (Lipinski definition) is 1.